The van der Waals surface area contributed by atoms with E-state index in [-0.39, 0.29) is 28.7 Å². The molecule has 1 aromatic heterocycles. The molecule has 0 spiro atoms. The molecule has 1 aromatic carbocycles. The van der Waals surface area contributed by atoms with E-state index in [0.29, 0.717) is 17.4 Å². The minimum absolute atomic E-state index is 0.0527. The van der Waals surface area contributed by atoms with Crippen LogP contribution in [0.4, 0.5) is 5.69 Å². The van der Waals surface area contributed by atoms with Gasteiger partial charge in [-0.25, -0.2) is 13.1 Å². The molecular weight excluding hydrogens is 464 g/mol. The van der Waals surface area contributed by atoms with Crippen molar-refractivity contribution in [3.05, 3.63) is 24.3 Å². The van der Waals surface area contributed by atoms with Crippen LogP contribution in [0.1, 0.15) is 44.9 Å². The largest absolute Gasteiger partial charge is 0.376 e. The SMILES string of the molecule is CN(C1CCCCC1)S(=O)(=O)c1ccc(NC(=O)CSc2nnnn2C[C@H]2CCCO2)cc1. The Balaban J connectivity index is 1.30. The van der Waals surface area contributed by atoms with Gasteiger partial charge in [0, 0.05) is 25.4 Å². The maximum atomic E-state index is 13.0. The van der Waals surface area contributed by atoms with Crippen molar-refractivity contribution in [3.63, 3.8) is 0 Å². The molecule has 1 saturated heterocycles. The third-order valence-corrected chi connectivity index (χ3v) is 9.02. The van der Waals surface area contributed by atoms with Crippen molar-refractivity contribution < 1.29 is 17.9 Å². The van der Waals surface area contributed by atoms with Gasteiger partial charge in [-0.05, 0) is 60.4 Å². The van der Waals surface area contributed by atoms with E-state index in [1.54, 1.807) is 36.0 Å². The van der Waals surface area contributed by atoms with Gasteiger partial charge < -0.3 is 10.1 Å². The molecule has 1 aliphatic heterocycles. The first-order valence-corrected chi connectivity index (χ1v) is 13.7. The van der Waals surface area contributed by atoms with Gasteiger partial charge >= 0.3 is 0 Å². The van der Waals surface area contributed by atoms with Gasteiger partial charge in [0.15, 0.2) is 0 Å². The Morgan fingerprint density at radius 2 is 1.94 bits per heavy atom. The van der Waals surface area contributed by atoms with Crippen LogP contribution in [0, 0.1) is 0 Å². The number of tetrazole rings is 1. The average Bonchev–Trinajstić information content (AvgIpc) is 3.50. The fourth-order valence-electron chi connectivity index (χ4n) is 4.24. The van der Waals surface area contributed by atoms with Crippen LogP contribution in [0.3, 0.4) is 0 Å². The Morgan fingerprint density at radius 1 is 1.18 bits per heavy atom. The number of hydrogen-bond donors (Lipinski definition) is 1. The van der Waals surface area contributed by atoms with Crippen LogP contribution >= 0.6 is 11.8 Å². The molecular formula is C21H30N6O4S2. The predicted octanol–water partition coefficient (Wildman–Crippen LogP) is 2.54. The highest BCUT2D eigenvalue weighted by atomic mass is 32.2. The lowest BCUT2D eigenvalue weighted by Gasteiger charge is -2.30. The Kier molecular flexibility index (Phi) is 7.99. The number of hydrogen-bond acceptors (Lipinski definition) is 8. The summed E-state index contributed by atoms with van der Waals surface area (Å²) >= 11 is 1.25. The van der Waals surface area contributed by atoms with Crippen molar-refractivity contribution in [1.82, 2.24) is 24.5 Å². The summed E-state index contributed by atoms with van der Waals surface area (Å²) in [5.41, 5.74) is 0.541. The highest BCUT2D eigenvalue weighted by Gasteiger charge is 2.29. The topological polar surface area (TPSA) is 119 Å². The number of sulfonamides is 1. The number of aromatic nitrogens is 4. The lowest BCUT2D eigenvalue weighted by Crippen LogP contribution is -2.38. The third kappa shape index (κ3) is 6.11. The minimum Gasteiger partial charge on any atom is -0.376 e. The molecule has 1 atom stereocenters. The normalized spacial score (nSPS) is 19.8. The minimum atomic E-state index is -3.56. The molecule has 10 nitrogen and oxygen atoms in total. The zero-order chi connectivity index (χ0) is 23.3. The Hall–Kier alpha value is -2.02. The van der Waals surface area contributed by atoms with Gasteiger partial charge in [0.05, 0.1) is 23.3 Å². The van der Waals surface area contributed by atoms with E-state index in [9.17, 15) is 13.2 Å². The van der Waals surface area contributed by atoms with Crippen LogP contribution in [0.5, 0.6) is 0 Å². The van der Waals surface area contributed by atoms with Crippen LogP contribution in [-0.4, -0.2) is 70.4 Å². The molecule has 12 heteroatoms. The van der Waals surface area contributed by atoms with Crippen LogP contribution in [0.25, 0.3) is 0 Å². The van der Waals surface area contributed by atoms with Crippen molar-refractivity contribution in [2.45, 2.75) is 73.7 Å². The number of amides is 1. The van der Waals surface area contributed by atoms with Crippen molar-refractivity contribution >= 4 is 33.4 Å². The summed E-state index contributed by atoms with van der Waals surface area (Å²) in [6.45, 7) is 1.33. The summed E-state index contributed by atoms with van der Waals surface area (Å²) in [7, 11) is -1.90. The molecule has 0 radical (unpaired) electrons. The molecule has 2 aromatic rings. The molecule has 1 N–H and O–H groups in total. The molecule has 2 fully saturated rings. The van der Waals surface area contributed by atoms with Crippen molar-refractivity contribution in [2.75, 3.05) is 24.7 Å². The summed E-state index contributed by atoms with van der Waals surface area (Å²) < 4.78 is 34.7. The lowest BCUT2D eigenvalue weighted by atomic mass is 9.96. The molecule has 4 rings (SSSR count). The number of rotatable bonds is 9. The molecule has 2 aliphatic rings. The Morgan fingerprint density at radius 3 is 2.64 bits per heavy atom. The smallest absolute Gasteiger partial charge is 0.243 e. The number of nitrogens with one attached hydrogen (secondary N) is 1. The maximum absolute atomic E-state index is 13.0. The summed E-state index contributed by atoms with van der Waals surface area (Å²) in [6, 6.07) is 6.37. The van der Waals surface area contributed by atoms with E-state index in [2.05, 4.69) is 20.8 Å². The molecule has 2 heterocycles. The fourth-order valence-corrected chi connectivity index (χ4v) is 6.34. The molecule has 0 unspecified atom stereocenters. The van der Waals surface area contributed by atoms with Gasteiger partial charge in [0.2, 0.25) is 21.1 Å². The van der Waals surface area contributed by atoms with Gasteiger partial charge in [-0.1, -0.05) is 31.0 Å². The molecule has 1 amide bonds. The van der Waals surface area contributed by atoms with E-state index in [0.717, 1.165) is 45.1 Å². The Bertz CT molecular complexity index is 1030. The highest BCUT2D eigenvalue weighted by Crippen LogP contribution is 2.27. The number of carbonyl (C=O) groups is 1. The van der Waals surface area contributed by atoms with Crippen LogP contribution in [-0.2, 0) is 26.1 Å². The molecule has 0 bridgehead atoms. The second kappa shape index (κ2) is 10.9. The second-order valence-electron chi connectivity index (χ2n) is 8.45. The van der Waals surface area contributed by atoms with Gasteiger partial charge in [-0.2, -0.15) is 4.31 Å². The monoisotopic (exact) mass is 494 g/mol. The van der Waals surface area contributed by atoms with Crippen molar-refractivity contribution in [1.29, 1.82) is 0 Å². The van der Waals surface area contributed by atoms with Gasteiger partial charge in [0.25, 0.3) is 0 Å². The lowest BCUT2D eigenvalue weighted by molar-refractivity contribution is -0.113. The number of benzene rings is 1. The zero-order valence-corrected chi connectivity index (χ0v) is 20.4. The van der Waals surface area contributed by atoms with Crippen LogP contribution < -0.4 is 5.32 Å². The van der Waals surface area contributed by atoms with Gasteiger partial charge in [-0.15, -0.1) is 5.10 Å². The number of anilines is 1. The average molecular weight is 495 g/mol. The van der Waals surface area contributed by atoms with E-state index < -0.39 is 10.0 Å². The predicted molar refractivity (Wildman–Crippen MR) is 124 cm³/mol. The Labute approximate surface area is 198 Å². The van der Waals surface area contributed by atoms with E-state index in [4.69, 9.17) is 4.74 Å². The van der Waals surface area contributed by atoms with Crippen molar-refractivity contribution in [2.24, 2.45) is 0 Å². The first-order valence-electron chi connectivity index (χ1n) is 11.3. The van der Waals surface area contributed by atoms with E-state index in [1.165, 1.54) is 22.5 Å². The first kappa shape index (κ1) is 24.1. The maximum Gasteiger partial charge on any atom is 0.243 e. The first-order chi connectivity index (χ1) is 15.9. The van der Waals surface area contributed by atoms with Gasteiger partial charge in [-0.3, -0.25) is 4.79 Å². The van der Waals surface area contributed by atoms with Crippen LogP contribution in [0.15, 0.2) is 34.3 Å². The number of nitrogens with zero attached hydrogens (tertiary/aromatic N) is 5. The zero-order valence-electron chi connectivity index (χ0n) is 18.7. The number of thioether (sulfide) groups is 1. The fraction of sp³-hybridized carbons (Fsp3) is 0.619. The standard InChI is InChI=1S/C21H30N6O4S2/c1-26(17-6-3-2-4-7-17)33(29,30)19-11-9-16(10-12-19)22-20(28)15-32-21-23-24-25-27(21)14-18-8-5-13-31-18/h9-12,17-18H,2-8,13-15H2,1H3,(H,22,28)/t18-/m1/s1. The van der Waals surface area contributed by atoms with E-state index >= 15 is 0 Å². The van der Waals surface area contributed by atoms with E-state index in [1.807, 2.05) is 0 Å². The third-order valence-electron chi connectivity index (χ3n) is 6.14. The summed E-state index contributed by atoms with van der Waals surface area (Å²) in [5, 5.41) is 15.0. The summed E-state index contributed by atoms with van der Waals surface area (Å²) in [6.07, 6.45) is 7.22. The number of carbonyl (C=O) groups excluding carboxylic acids is 1. The van der Waals surface area contributed by atoms with Crippen molar-refractivity contribution in [3.8, 4) is 0 Å². The molecule has 33 heavy (non-hydrogen) atoms. The quantitative estimate of drug-likeness (QED) is 0.528. The number of ether oxygens (including phenoxy) is 1. The van der Waals surface area contributed by atoms with Crippen LogP contribution in [0.2, 0.25) is 0 Å². The van der Waals surface area contributed by atoms with Gasteiger partial charge in [0.1, 0.15) is 0 Å². The molecule has 1 aliphatic carbocycles. The summed E-state index contributed by atoms with van der Waals surface area (Å²) in [5.74, 6) is -0.0855. The molecule has 180 valence electrons. The highest BCUT2D eigenvalue weighted by molar-refractivity contribution is 7.99. The molecule has 1 saturated carbocycles. The summed E-state index contributed by atoms with van der Waals surface area (Å²) in [4.78, 5) is 12.6. The second-order valence-corrected chi connectivity index (χ2v) is 11.4.